The highest BCUT2D eigenvalue weighted by molar-refractivity contribution is 5.73. The second kappa shape index (κ2) is 8.21. The van der Waals surface area contributed by atoms with Crippen molar-refractivity contribution in [2.75, 3.05) is 26.2 Å². The van der Waals surface area contributed by atoms with E-state index in [0.29, 0.717) is 6.04 Å². The molecule has 27 heavy (non-hydrogen) atoms. The molecule has 4 rings (SSSR count). The topological polar surface area (TPSA) is 54.3 Å². The first-order valence-electron chi connectivity index (χ1n) is 10.2. The zero-order valence-corrected chi connectivity index (χ0v) is 16.2. The number of nitrogens with zero attached hydrogens (tertiary/aromatic N) is 5. The summed E-state index contributed by atoms with van der Waals surface area (Å²) in [4.78, 5) is 16.3. The number of fused-ring (bicyclic) bond motifs is 1. The lowest BCUT2D eigenvalue weighted by Gasteiger charge is -2.35. The number of carbonyl (C=O) groups is 1. The summed E-state index contributed by atoms with van der Waals surface area (Å²) >= 11 is 0. The molecule has 6 nitrogen and oxygen atoms in total. The number of aromatic nitrogens is 3. The van der Waals surface area contributed by atoms with Gasteiger partial charge in [0, 0.05) is 39.5 Å². The third-order valence-electron chi connectivity index (χ3n) is 5.94. The Kier molecular flexibility index (Phi) is 5.53. The lowest BCUT2D eigenvalue weighted by atomic mass is 10.00. The van der Waals surface area contributed by atoms with Crippen molar-refractivity contribution in [3.8, 4) is 0 Å². The van der Waals surface area contributed by atoms with Crippen LogP contribution in [0.15, 0.2) is 30.3 Å². The van der Waals surface area contributed by atoms with Crippen LogP contribution in [0.1, 0.15) is 49.4 Å². The van der Waals surface area contributed by atoms with Crippen molar-refractivity contribution in [3.63, 3.8) is 0 Å². The Bertz CT molecular complexity index is 772. The fraction of sp³-hybridized carbons (Fsp3) is 0.571. The van der Waals surface area contributed by atoms with Crippen molar-refractivity contribution in [1.29, 1.82) is 0 Å². The van der Waals surface area contributed by atoms with Crippen molar-refractivity contribution in [2.24, 2.45) is 0 Å². The minimum absolute atomic E-state index is 0.150. The summed E-state index contributed by atoms with van der Waals surface area (Å²) in [6.07, 6.45) is 5.50. The van der Waals surface area contributed by atoms with E-state index in [1.54, 1.807) is 6.92 Å². The molecule has 3 heterocycles. The fourth-order valence-corrected chi connectivity index (χ4v) is 4.38. The van der Waals surface area contributed by atoms with Crippen LogP contribution in [0.3, 0.4) is 0 Å². The van der Waals surface area contributed by atoms with Crippen LogP contribution in [0.4, 0.5) is 0 Å². The maximum Gasteiger partial charge on any atom is 0.219 e. The Morgan fingerprint density at radius 3 is 2.74 bits per heavy atom. The van der Waals surface area contributed by atoms with Gasteiger partial charge in [-0.1, -0.05) is 36.8 Å². The zero-order valence-electron chi connectivity index (χ0n) is 16.2. The van der Waals surface area contributed by atoms with E-state index in [1.807, 2.05) is 4.90 Å². The third-order valence-corrected chi connectivity index (χ3v) is 5.94. The molecule has 1 saturated heterocycles. The summed E-state index contributed by atoms with van der Waals surface area (Å²) in [6, 6.07) is 11.1. The van der Waals surface area contributed by atoms with Gasteiger partial charge in [0.15, 0.2) is 0 Å². The highest BCUT2D eigenvalue weighted by Gasteiger charge is 2.30. The predicted octanol–water partition coefficient (Wildman–Crippen LogP) is 2.45. The molecule has 1 aromatic heterocycles. The highest BCUT2D eigenvalue weighted by Crippen LogP contribution is 2.31. The van der Waals surface area contributed by atoms with Crippen LogP contribution in [-0.4, -0.2) is 56.7 Å². The van der Waals surface area contributed by atoms with Crippen molar-refractivity contribution < 1.29 is 4.79 Å². The molecule has 2 aromatic rings. The number of likely N-dealkylation sites (tertiary alicyclic amines) is 1. The molecule has 0 bridgehead atoms. The molecular weight excluding hydrogens is 338 g/mol. The van der Waals surface area contributed by atoms with E-state index in [-0.39, 0.29) is 5.91 Å². The molecular formula is C21H29N5O. The first kappa shape index (κ1) is 18.2. The quantitative estimate of drug-likeness (QED) is 0.833. The van der Waals surface area contributed by atoms with E-state index in [1.165, 1.54) is 18.4 Å². The highest BCUT2D eigenvalue weighted by atomic mass is 16.2. The van der Waals surface area contributed by atoms with Crippen molar-refractivity contribution in [3.05, 3.63) is 47.5 Å². The molecule has 0 radical (unpaired) electrons. The summed E-state index contributed by atoms with van der Waals surface area (Å²) in [6.45, 7) is 6.13. The van der Waals surface area contributed by atoms with Gasteiger partial charge in [-0.2, -0.15) is 0 Å². The minimum Gasteiger partial charge on any atom is -0.341 e. The number of benzene rings is 1. The summed E-state index contributed by atoms with van der Waals surface area (Å²) in [5, 5.41) is 9.09. The van der Waals surface area contributed by atoms with Gasteiger partial charge in [0.05, 0.1) is 6.04 Å². The van der Waals surface area contributed by atoms with Crippen molar-refractivity contribution in [2.45, 2.75) is 51.6 Å². The minimum atomic E-state index is 0.150. The monoisotopic (exact) mass is 367 g/mol. The molecule has 6 heteroatoms. The normalized spacial score (nSPS) is 20.9. The molecule has 144 valence electrons. The molecule has 0 N–H and O–H groups in total. The van der Waals surface area contributed by atoms with Crippen LogP contribution in [0.5, 0.6) is 0 Å². The van der Waals surface area contributed by atoms with Gasteiger partial charge in [0.25, 0.3) is 0 Å². The largest absolute Gasteiger partial charge is 0.341 e. The number of rotatable bonds is 4. The van der Waals surface area contributed by atoms with Crippen LogP contribution in [0.25, 0.3) is 0 Å². The van der Waals surface area contributed by atoms with Crippen molar-refractivity contribution in [1.82, 2.24) is 24.6 Å². The number of amides is 1. The Labute approximate surface area is 161 Å². The average molecular weight is 367 g/mol. The molecule has 2 aliphatic heterocycles. The van der Waals surface area contributed by atoms with E-state index < -0.39 is 0 Å². The van der Waals surface area contributed by atoms with Crippen LogP contribution in [0.2, 0.25) is 0 Å². The molecule has 0 aliphatic carbocycles. The van der Waals surface area contributed by atoms with E-state index in [4.69, 9.17) is 0 Å². The fourth-order valence-electron chi connectivity index (χ4n) is 4.38. The smallest absolute Gasteiger partial charge is 0.219 e. The van der Waals surface area contributed by atoms with Gasteiger partial charge >= 0.3 is 0 Å². The van der Waals surface area contributed by atoms with E-state index in [0.717, 1.165) is 63.6 Å². The van der Waals surface area contributed by atoms with Crippen LogP contribution in [-0.2, 0) is 24.2 Å². The summed E-state index contributed by atoms with van der Waals surface area (Å²) in [7, 11) is 0. The van der Waals surface area contributed by atoms with Gasteiger partial charge in [0.2, 0.25) is 5.91 Å². The lowest BCUT2D eigenvalue weighted by Crippen LogP contribution is -2.37. The van der Waals surface area contributed by atoms with E-state index >= 15 is 0 Å². The van der Waals surface area contributed by atoms with Gasteiger partial charge in [-0.15, -0.1) is 10.2 Å². The number of piperidine rings is 1. The van der Waals surface area contributed by atoms with E-state index in [9.17, 15) is 4.79 Å². The molecule has 2 aliphatic rings. The average Bonchev–Trinajstić information content (AvgIpc) is 2.97. The zero-order chi connectivity index (χ0) is 18.6. The maximum absolute atomic E-state index is 11.8. The van der Waals surface area contributed by atoms with Gasteiger partial charge in [-0.25, -0.2) is 0 Å². The molecule has 1 aromatic carbocycles. The van der Waals surface area contributed by atoms with Crippen LogP contribution in [0, 0.1) is 0 Å². The first-order valence-corrected chi connectivity index (χ1v) is 10.2. The maximum atomic E-state index is 11.8. The second-order valence-corrected chi connectivity index (χ2v) is 7.67. The van der Waals surface area contributed by atoms with Gasteiger partial charge in [-0.05, 0) is 31.4 Å². The SMILES string of the molecule is CC(=O)N1CCc2nnc([C@H]3CCCCN3CCc3ccccc3)n2CC1. The Morgan fingerprint density at radius 2 is 1.93 bits per heavy atom. The van der Waals surface area contributed by atoms with Crippen LogP contribution < -0.4 is 0 Å². The Hall–Kier alpha value is -2.21. The molecule has 1 atom stereocenters. The number of carbonyl (C=O) groups excluding carboxylic acids is 1. The van der Waals surface area contributed by atoms with Gasteiger partial charge in [0.1, 0.15) is 11.6 Å². The first-order chi connectivity index (χ1) is 13.2. The standard InChI is InChI=1S/C21H29N5O/c1-17(27)24-14-11-20-22-23-21(26(20)16-15-24)19-9-5-6-12-25(19)13-10-18-7-3-2-4-8-18/h2-4,7-8,19H,5-6,9-16H2,1H3/t19-/m1/s1. The third kappa shape index (κ3) is 4.05. The van der Waals surface area contributed by atoms with Gasteiger partial charge in [-0.3, -0.25) is 9.69 Å². The van der Waals surface area contributed by atoms with Crippen LogP contribution >= 0.6 is 0 Å². The second-order valence-electron chi connectivity index (χ2n) is 7.67. The molecule has 1 fully saturated rings. The summed E-state index contributed by atoms with van der Waals surface area (Å²) in [5.74, 6) is 2.28. The summed E-state index contributed by atoms with van der Waals surface area (Å²) < 4.78 is 2.29. The Balaban J connectivity index is 1.50. The summed E-state index contributed by atoms with van der Waals surface area (Å²) in [5.41, 5.74) is 1.39. The molecule has 0 unspecified atom stereocenters. The predicted molar refractivity (Wildman–Crippen MR) is 104 cm³/mol. The molecule has 0 spiro atoms. The molecule has 0 saturated carbocycles. The molecule has 1 amide bonds. The van der Waals surface area contributed by atoms with Gasteiger partial charge < -0.3 is 9.47 Å². The number of hydrogen-bond acceptors (Lipinski definition) is 4. The van der Waals surface area contributed by atoms with E-state index in [2.05, 4.69) is 50.0 Å². The Morgan fingerprint density at radius 1 is 1.07 bits per heavy atom. The van der Waals surface area contributed by atoms with Crippen molar-refractivity contribution >= 4 is 5.91 Å². The number of hydrogen-bond donors (Lipinski definition) is 0. The lowest BCUT2D eigenvalue weighted by molar-refractivity contribution is -0.128.